The molecule has 3 rings (SSSR count). The number of aryl methyl sites for hydroxylation is 1. The highest BCUT2D eigenvalue weighted by Gasteiger charge is 2.34. The quantitative estimate of drug-likeness (QED) is 0.251. The van der Waals surface area contributed by atoms with Crippen molar-refractivity contribution in [3.05, 3.63) is 92.4 Å². The molecule has 220 valence electrons. The summed E-state index contributed by atoms with van der Waals surface area (Å²) in [5, 5.41) is 3.88. The molecule has 11 heteroatoms. The van der Waals surface area contributed by atoms with E-state index in [0.29, 0.717) is 32.6 Å². The molecule has 1 N–H and O–H groups in total. The fourth-order valence-corrected chi connectivity index (χ4v) is 6.31. The van der Waals surface area contributed by atoms with Gasteiger partial charge in [-0.25, -0.2) is 8.42 Å². The molecule has 2 amide bonds. The van der Waals surface area contributed by atoms with Crippen LogP contribution in [0.2, 0.25) is 15.1 Å². The van der Waals surface area contributed by atoms with Crippen molar-refractivity contribution < 1.29 is 18.0 Å². The summed E-state index contributed by atoms with van der Waals surface area (Å²) in [5.41, 5.74) is 2.29. The molecule has 0 saturated carbocycles. The summed E-state index contributed by atoms with van der Waals surface area (Å²) >= 11 is 18.7. The summed E-state index contributed by atoms with van der Waals surface area (Å²) < 4.78 is 29.1. The molecule has 1 atom stereocenters. The van der Waals surface area contributed by atoms with Crippen molar-refractivity contribution in [1.29, 1.82) is 0 Å². The van der Waals surface area contributed by atoms with E-state index in [4.69, 9.17) is 34.8 Å². The van der Waals surface area contributed by atoms with Crippen molar-refractivity contribution in [2.24, 2.45) is 0 Å². The van der Waals surface area contributed by atoms with Gasteiger partial charge in [-0.1, -0.05) is 71.6 Å². The number of carbonyl (C=O) groups excluding carboxylic acids is 2. The van der Waals surface area contributed by atoms with Crippen LogP contribution in [0.15, 0.2) is 65.6 Å². The minimum Gasteiger partial charge on any atom is -0.352 e. The van der Waals surface area contributed by atoms with Gasteiger partial charge in [-0.3, -0.25) is 13.9 Å². The van der Waals surface area contributed by atoms with Crippen LogP contribution in [0.5, 0.6) is 0 Å². The van der Waals surface area contributed by atoms with E-state index in [1.807, 2.05) is 20.8 Å². The van der Waals surface area contributed by atoms with Gasteiger partial charge in [0.15, 0.2) is 0 Å². The lowest BCUT2D eigenvalue weighted by molar-refractivity contribution is -0.140. The molecule has 41 heavy (non-hydrogen) atoms. The molecule has 0 aliphatic heterocycles. The monoisotopic (exact) mass is 637 g/mol. The Morgan fingerprint density at radius 3 is 2.15 bits per heavy atom. The molecule has 3 aromatic rings. The van der Waals surface area contributed by atoms with Gasteiger partial charge in [0.2, 0.25) is 11.8 Å². The molecule has 0 aliphatic carbocycles. The lowest BCUT2D eigenvalue weighted by Gasteiger charge is -2.34. The Kier molecular flexibility index (Phi) is 11.1. The first kappa shape index (κ1) is 32.7. The number of anilines is 1. The van der Waals surface area contributed by atoms with E-state index in [1.54, 1.807) is 62.4 Å². The maximum Gasteiger partial charge on any atom is 0.264 e. The third-order valence-electron chi connectivity index (χ3n) is 6.55. The summed E-state index contributed by atoms with van der Waals surface area (Å²) in [5.74, 6) is -0.917. The first-order chi connectivity index (χ1) is 19.3. The fraction of sp³-hybridized carbons (Fsp3) is 0.333. The number of rotatable bonds is 11. The average molecular weight is 639 g/mol. The zero-order valence-corrected chi connectivity index (χ0v) is 26.7. The average Bonchev–Trinajstić information content (AvgIpc) is 2.90. The van der Waals surface area contributed by atoms with Crippen LogP contribution in [-0.4, -0.2) is 43.8 Å². The number of nitrogens with zero attached hydrogens (tertiary/aromatic N) is 2. The van der Waals surface area contributed by atoms with Crippen molar-refractivity contribution in [2.45, 2.75) is 64.6 Å². The van der Waals surface area contributed by atoms with Gasteiger partial charge < -0.3 is 10.2 Å². The first-order valence-corrected chi connectivity index (χ1v) is 15.7. The second-order valence-electron chi connectivity index (χ2n) is 10.1. The van der Waals surface area contributed by atoms with Crippen LogP contribution in [0.4, 0.5) is 5.69 Å². The van der Waals surface area contributed by atoms with Gasteiger partial charge in [0.05, 0.1) is 20.6 Å². The van der Waals surface area contributed by atoms with Crippen molar-refractivity contribution >= 4 is 62.3 Å². The van der Waals surface area contributed by atoms with E-state index < -0.39 is 28.5 Å². The number of carbonyl (C=O) groups is 2. The van der Waals surface area contributed by atoms with Crippen molar-refractivity contribution in [3.8, 4) is 0 Å². The highest BCUT2D eigenvalue weighted by molar-refractivity contribution is 7.92. The van der Waals surface area contributed by atoms with E-state index in [9.17, 15) is 18.0 Å². The lowest BCUT2D eigenvalue weighted by Crippen LogP contribution is -2.53. The van der Waals surface area contributed by atoms with Crippen LogP contribution >= 0.6 is 34.8 Å². The number of amides is 2. The van der Waals surface area contributed by atoms with E-state index in [-0.39, 0.29) is 29.1 Å². The zero-order valence-electron chi connectivity index (χ0n) is 23.6. The van der Waals surface area contributed by atoms with Gasteiger partial charge in [0.1, 0.15) is 12.6 Å². The summed E-state index contributed by atoms with van der Waals surface area (Å²) in [6.45, 7) is 8.44. The summed E-state index contributed by atoms with van der Waals surface area (Å²) in [6, 6.07) is 15.2. The zero-order chi connectivity index (χ0) is 30.5. The SMILES string of the molecule is CCC(C(=O)NC(C)C)N(Cc1ccc(Cl)c(Cl)c1)C(=O)CN(c1cccc(Cl)c1C)S(=O)(=O)c1ccc(C)cc1. The number of halogens is 3. The van der Waals surface area contributed by atoms with Gasteiger partial charge in [0.25, 0.3) is 10.0 Å². The molecule has 1 unspecified atom stereocenters. The normalized spacial score (nSPS) is 12.2. The van der Waals surface area contributed by atoms with Crippen LogP contribution in [-0.2, 0) is 26.2 Å². The van der Waals surface area contributed by atoms with Crippen LogP contribution in [0.1, 0.15) is 43.9 Å². The van der Waals surface area contributed by atoms with E-state index >= 15 is 0 Å². The molecular weight excluding hydrogens is 605 g/mol. The predicted molar refractivity (Wildman–Crippen MR) is 166 cm³/mol. The maximum absolute atomic E-state index is 14.1. The molecule has 0 fully saturated rings. The third kappa shape index (κ3) is 7.95. The van der Waals surface area contributed by atoms with Crippen LogP contribution < -0.4 is 9.62 Å². The Morgan fingerprint density at radius 1 is 0.902 bits per heavy atom. The number of hydrogen-bond acceptors (Lipinski definition) is 4. The second-order valence-corrected chi connectivity index (χ2v) is 13.2. The number of benzene rings is 3. The van der Waals surface area contributed by atoms with Gasteiger partial charge >= 0.3 is 0 Å². The molecule has 0 heterocycles. The smallest absolute Gasteiger partial charge is 0.264 e. The third-order valence-corrected chi connectivity index (χ3v) is 9.47. The molecule has 0 radical (unpaired) electrons. The summed E-state index contributed by atoms with van der Waals surface area (Å²) in [7, 11) is -4.21. The van der Waals surface area contributed by atoms with Gasteiger partial charge in [-0.2, -0.15) is 0 Å². The summed E-state index contributed by atoms with van der Waals surface area (Å²) in [6.07, 6.45) is 0.298. The summed E-state index contributed by atoms with van der Waals surface area (Å²) in [4.78, 5) is 28.8. The molecular formula is C30H34Cl3N3O4S. The highest BCUT2D eigenvalue weighted by Crippen LogP contribution is 2.32. The Bertz CT molecular complexity index is 1510. The van der Waals surface area contributed by atoms with Gasteiger partial charge in [-0.05, 0) is 81.6 Å². The van der Waals surface area contributed by atoms with Crippen LogP contribution in [0.3, 0.4) is 0 Å². The van der Waals surface area contributed by atoms with E-state index in [2.05, 4.69) is 5.32 Å². The Labute approximate surface area is 257 Å². The number of hydrogen-bond donors (Lipinski definition) is 1. The molecule has 0 aliphatic rings. The minimum absolute atomic E-state index is 0.00664. The fourth-order valence-electron chi connectivity index (χ4n) is 4.35. The van der Waals surface area contributed by atoms with Gasteiger partial charge in [0, 0.05) is 17.6 Å². The lowest BCUT2D eigenvalue weighted by atomic mass is 10.1. The Balaban J connectivity index is 2.12. The van der Waals surface area contributed by atoms with Crippen LogP contribution in [0, 0.1) is 13.8 Å². The topological polar surface area (TPSA) is 86.8 Å². The molecule has 0 aromatic heterocycles. The highest BCUT2D eigenvalue weighted by atomic mass is 35.5. The van der Waals surface area contributed by atoms with E-state index in [0.717, 1.165) is 9.87 Å². The van der Waals surface area contributed by atoms with Crippen molar-refractivity contribution in [1.82, 2.24) is 10.2 Å². The first-order valence-electron chi connectivity index (χ1n) is 13.1. The van der Waals surface area contributed by atoms with Crippen molar-refractivity contribution in [2.75, 3.05) is 10.8 Å². The standard InChI is InChI=1S/C30H34Cl3N3O4S/c1-6-27(30(38)34-19(2)3)35(17-22-12-15-25(32)26(33)16-22)29(37)18-36(28-9-7-8-24(31)21(28)5)41(39,40)23-13-10-20(4)11-14-23/h7-16,19,27H,6,17-18H2,1-5H3,(H,34,38). The molecule has 3 aromatic carbocycles. The number of nitrogens with one attached hydrogen (secondary N) is 1. The predicted octanol–water partition coefficient (Wildman–Crippen LogP) is 6.79. The molecule has 7 nitrogen and oxygen atoms in total. The van der Waals surface area contributed by atoms with Crippen molar-refractivity contribution in [3.63, 3.8) is 0 Å². The second kappa shape index (κ2) is 13.9. The molecule has 0 saturated heterocycles. The van der Waals surface area contributed by atoms with E-state index in [1.165, 1.54) is 17.0 Å². The van der Waals surface area contributed by atoms with Crippen LogP contribution in [0.25, 0.3) is 0 Å². The molecule has 0 bridgehead atoms. The Morgan fingerprint density at radius 2 is 1.56 bits per heavy atom. The Hall–Kier alpha value is -2.78. The minimum atomic E-state index is -4.21. The largest absolute Gasteiger partial charge is 0.352 e. The number of sulfonamides is 1. The van der Waals surface area contributed by atoms with Gasteiger partial charge in [-0.15, -0.1) is 0 Å². The molecule has 0 spiro atoms. The maximum atomic E-state index is 14.1.